The molecule has 4 amide bonds. The number of nitrogens with zero attached hydrogens (tertiary/aromatic N) is 10. The van der Waals surface area contributed by atoms with Crippen molar-refractivity contribution in [2.75, 3.05) is 33.3 Å². The van der Waals surface area contributed by atoms with Crippen LogP contribution in [0.2, 0.25) is 0 Å². The van der Waals surface area contributed by atoms with Crippen molar-refractivity contribution < 1.29 is 102 Å². The van der Waals surface area contributed by atoms with Crippen LogP contribution in [-0.2, 0) is 89.9 Å². The number of aliphatic hydroxyl groups is 6. The van der Waals surface area contributed by atoms with E-state index in [-0.39, 0.29) is 52.5 Å². The maximum atomic E-state index is 14.7. The zero-order valence-electron chi connectivity index (χ0n) is 54.0. The summed E-state index contributed by atoms with van der Waals surface area (Å²) in [5.74, 6) is -1.16. The van der Waals surface area contributed by atoms with Gasteiger partial charge in [-0.25, -0.2) is 14.4 Å². The molecule has 0 radical (unpaired) electrons. The van der Waals surface area contributed by atoms with Crippen molar-refractivity contribution in [3.8, 4) is 0 Å². The first-order valence-electron chi connectivity index (χ1n) is 32.0. The lowest BCUT2D eigenvalue weighted by Gasteiger charge is -2.51. The minimum absolute atomic E-state index is 0.00505. The van der Waals surface area contributed by atoms with E-state index < -0.39 is 166 Å². The largest absolute Gasteiger partial charge is 0.445 e. The van der Waals surface area contributed by atoms with Crippen LogP contribution in [0.3, 0.4) is 0 Å². The fourth-order valence-electron chi connectivity index (χ4n) is 11.7. The van der Waals surface area contributed by atoms with Crippen LogP contribution in [0.1, 0.15) is 40.7 Å². The maximum absolute atomic E-state index is 14.7. The van der Waals surface area contributed by atoms with Crippen molar-refractivity contribution in [1.29, 1.82) is 0 Å². The third-order valence-electron chi connectivity index (χ3n) is 16.9. The summed E-state index contributed by atoms with van der Waals surface area (Å²) in [6.45, 7) is -2.91. The molecule has 4 fully saturated rings. The molecular formula is C66H79N13O21. The molecule has 3 aliphatic heterocycles. The number of likely N-dealkylation sites (N-methyl/N-ethyl adjacent to an activating group) is 1. The van der Waals surface area contributed by atoms with Gasteiger partial charge in [-0.1, -0.05) is 167 Å². The van der Waals surface area contributed by atoms with Gasteiger partial charge in [0.15, 0.2) is 18.9 Å². The van der Waals surface area contributed by atoms with Crippen molar-refractivity contribution in [3.05, 3.63) is 211 Å². The quantitative estimate of drug-likeness (QED) is 0.0125. The Morgan fingerprint density at radius 2 is 1.06 bits per heavy atom. The first-order valence-corrected chi connectivity index (χ1v) is 32.0. The first kappa shape index (κ1) is 75.0. The molecule has 34 nitrogen and oxygen atoms in total. The highest BCUT2D eigenvalue weighted by Crippen LogP contribution is 2.38. The summed E-state index contributed by atoms with van der Waals surface area (Å²) in [7, 11) is 1.45. The Morgan fingerprint density at radius 1 is 0.550 bits per heavy atom. The number of nitrogens with one attached hydrogen (secondary N) is 3. The van der Waals surface area contributed by atoms with E-state index in [2.05, 4.69) is 46.0 Å². The van der Waals surface area contributed by atoms with Crippen molar-refractivity contribution in [2.45, 2.75) is 168 Å². The fourth-order valence-corrected chi connectivity index (χ4v) is 11.7. The van der Waals surface area contributed by atoms with Crippen LogP contribution in [-0.4, -0.2) is 215 Å². The average molecular weight is 1390 g/mol. The first-order chi connectivity index (χ1) is 48.5. The molecule has 34 heteroatoms. The number of benzene rings is 5. The van der Waals surface area contributed by atoms with Crippen LogP contribution < -0.4 is 16.0 Å². The van der Waals surface area contributed by atoms with E-state index in [1.54, 1.807) is 127 Å². The van der Waals surface area contributed by atoms with Gasteiger partial charge in [-0.15, -0.1) is 0 Å². The Bertz CT molecular complexity index is 3540. The van der Waals surface area contributed by atoms with Crippen LogP contribution in [0.25, 0.3) is 31.3 Å². The lowest BCUT2D eigenvalue weighted by atomic mass is 9.80. The van der Waals surface area contributed by atoms with Crippen LogP contribution in [0.5, 0.6) is 0 Å². The van der Waals surface area contributed by atoms with Gasteiger partial charge in [0.05, 0.1) is 69.3 Å². The SMILES string of the molecule is CN(C[C@H]1O[C@H](O[C@@H]2[C@@H](NC(=O)OCc3ccccc3)[C@H](OCc3ccccc3)[C@@H](NC(=O)[C@@H](O)CCNC(=O)OCc3ccccc3)[C@H](O)[C@H]2O[C@@H]2O[C@H](CO)[C@@H](O[C@H]3O[C@@H](CN=[N+]=[N-])[C@@H](O)[C@H](O)[C@H]3N=[N+]=[N-])[C@H]2O)[C@H](N=[N+]=[N-])C[C@@H]1OCc1ccccc1)C(=O)OCc1ccccc1. The van der Waals surface area contributed by atoms with Gasteiger partial charge in [-0.05, 0) is 57.3 Å². The molecule has 100 heavy (non-hydrogen) atoms. The fraction of sp³-hybridized carbons (Fsp3) is 0.485. The molecule has 1 aliphatic carbocycles. The van der Waals surface area contributed by atoms with Gasteiger partial charge in [0.2, 0.25) is 5.91 Å². The molecule has 3 heterocycles. The Kier molecular flexibility index (Phi) is 28.3. The standard InChI is InChI=1S/C66H79N13O21/c1-79(66(89)94-37-42-25-15-6-16-26-42)31-47-45(90-33-38-17-7-2-8-18-38)29-43(74-77-68)61(96-47)99-58-51(73-65(88)93-36-41-23-13-5-14-24-41)57(91-34-39-19-9-3-10-20-39)49(72-60(86)44(81)27-28-70-64(87)92-35-40-21-11-4-12-22-40)54(84)59(58)100-63-55(85)56(48(32-80)97-63)98-62-50(75-78-69)53(83)52(82)46(95-62)30-71-76-67/h2-26,43-59,61-63,80-85H,27-37H2,1H3,(H,70,87)(H,72,86)(H,73,88)/t43-,44+,45+,46+,47-,48-,49+,50-,51+,52-,53-,54+,55-,56-,57-,58-,59-,61-,62-,63+/m1/s1. The summed E-state index contributed by atoms with van der Waals surface area (Å²) >= 11 is 0. The zero-order chi connectivity index (χ0) is 70.9. The number of azide groups is 3. The molecule has 0 unspecified atom stereocenters. The molecule has 0 aromatic heterocycles. The van der Waals surface area contributed by atoms with Crippen molar-refractivity contribution in [1.82, 2.24) is 20.9 Å². The number of alkyl carbamates (subject to hydrolysis) is 2. The summed E-state index contributed by atoms with van der Waals surface area (Å²) in [4.78, 5) is 65.6. The molecule has 0 spiro atoms. The summed E-state index contributed by atoms with van der Waals surface area (Å²) in [5.41, 5.74) is 32.1. The van der Waals surface area contributed by atoms with E-state index >= 15 is 0 Å². The van der Waals surface area contributed by atoms with E-state index in [0.29, 0.717) is 22.3 Å². The molecule has 1 saturated carbocycles. The molecule has 5 aromatic rings. The molecule has 9 rings (SSSR count). The number of hydrogen-bond acceptors (Lipinski definition) is 24. The number of hydrogen-bond donors (Lipinski definition) is 9. The van der Waals surface area contributed by atoms with E-state index in [9.17, 15) is 60.9 Å². The highest BCUT2D eigenvalue weighted by Gasteiger charge is 2.59. The number of ether oxygens (including phenoxy) is 11. The molecule has 20 atom stereocenters. The number of carbonyl (C=O) groups excluding carboxylic acids is 4. The lowest BCUT2D eigenvalue weighted by Crippen LogP contribution is -2.74. The van der Waals surface area contributed by atoms with Gasteiger partial charge in [0.25, 0.3) is 0 Å². The Balaban J connectivity index is 1.10. The highest BCUT2D eigenvalue weighted by atomic mass is 16.8. The predicted octanol–water partition coefficient (Wildman–Crippen LogP) is 4.72. The third kappa shape index (κ3) is 20.7. The van der Waals surface area contributed by atoms with Gasteiger partial charge in [-0.2, -0.15) is 0 Å². The second kappa shape index (κ2) is 37.8. The van der Waals surface area contributed by atoms with Crippen LogP contribution in [0, 0.1) is 0 Å². The second-order valence-corrected chi connectivity index (χ2v) is 23.8. The molecule has 0 bridgehead atoms. The highest BCUT2D eigenvalue weighted by molar-refractivity contribution is 5.81. The minimum atomic E-state index is -2.19. The summed E-state index contributed by atoms with van der Waals surface area (Å²) < 4.78 is 68.5. The average Bonchev–Trinajstić information content (AvgIpc) is 1.07. The van der Waals surface area contributed by atoms with Gasteiger partial charge in [0, 0.05) is 28.3 Å². The second-order valence-electron chi connectivity index (χ2n) is 23.8. The monoisotopic (exact) mass is 1390 g/mol. The van der Waals surface area contributed by atoms with Crippen molar-refractivity contribution >= 4 is 24.2 Å². The Hall–Kier alpha value is -9.25. The molecule has 9 N–H and O–H groups in total. The summed E-state index contributed by atoms with van der Waals surface area (Å²) in [6.07, 6.45) is -31.8. The summed E-state index contributed by atoms with van der Waals surface area (Å²) in [6, 6.07) is 37.2. The van der Waals surface area contributed by atoms with Crippen LogP contribution in [0.4, 0.5) is 14.4 Å². The van der Waals surface area contributed by atoms with Crippen molar-refractivity contribution in [3.63, 3.8) is 0 Å². The molecule has 4 aliphatic rings. The van der Waals surface area contributed by atoms with Gasteiger partial charge in [0.1, 0.15) is 86.9 Å². The van der Waals surface area contributed by atoms with E-state index in [4.69, 9.17) is 57.6 Å². The minimum Gasteiger partial charge on any atom is -0.445 e. The van der Waals surface area contributed by atoms with E-state index in [1.165, 1.54) is 11.9 Å². The van der Waals surface area contributed by atoms with Crippen molar-refractivity contribution in [2.24, 2.45) is 15.3 Å². The van der Waals surface area contributed by atoms with Gasteiger partial charge >= 0.3 is 18.3 Å². The van der Waals surface area contributed by atoms with Crippen LogP contribution in [0.15, 0.2) is 167 Å². The molecule has 534 valence electrons. The predicted molar refractivity (Wildman–Crippen MR) is 346 cm³/mol. The lowest BCUT2D eigenvalue weighted by molar-refractivity contribution is -0.309. The Morgan fingerprint density at radius 3 is 1.62 bits per heavy atom. The molecule has 5 aromatic carbocycles. The number of rotatable bonds is 31. The Labute approximate surface area is 572 Å². The molecule has 3 saturated heterocycles. The maximum Gasteiger partial charge on any atom is 0.409 e. The van der Waals surface area contributed by atoms with E-state index in [1.807, 2.05) is 24.3 Å². The number of aliphatic hydroxyl groups excluding tert-OH is 6. The summed E-state index contributed by atoms with van der Waals surface area (Å²) in [5, 5.41) is 89.1. The third-order valence-corrected chi connectivity index (χ3v) is 16.9. The normalized spacial score (nSPS) is 28.8. The number of carbonyl (C=O) groups is 4. The smallest absolute Gasteiger partial charge is 0.409 e. The van der Waals surface area contributed by atoms with Gasteiger partial charge in [-0.3, -0.25) is 4.79 Å². The molecular weight excluding hydrogens is 1310 g/mol. The van der Waals surface area contributed by atoms with Crippen LogP contribution >= 0.6 is 0 Å². The zero-order valence-corrected chi connectivity index (χ0v) is 54.0. The topological polar surface area (TPSA) is 477 Å². The van der Waals surface area contributed by atoms with Gasteiger partial charge < -0.3 is 104 Å². The number of amides is 4. The van der Waals surface area contributed by atoms with E-state index in [0.717, 1.165) is 5.56 Å².